The van der Waals surface area contributed by atoms with Crippen LogP contribution in [0.25, 0.3) is 0 Å². The van der Waals surface area contributed by atoms with Gasteiger partial charge in [-0.2, -0.15) is 0 Å². The molecule has 3 aromatic rings. The third kappa shape index (κ3) is 4.87. The molecule has 0 radical (unpaired) electrons. The molecular formula is C27H25ClFN3O2. The van der Waals surface area contributed by atoms with Gasteiger partial charge in [0.2, 0.25) is 5.91 Å². The fourth-order valence-electron chi connectivity index (χ4n) is 3.92. The summed E-state index contributed by atoms with van der Waals surface area (Å²) in [7, 11) is 0. The van der Waals surface area contributed by atoms with E-state index in [4.69, 9.17) is 11.6 Å². The third-order valence-electron chi connectivity index (χ3n) is 5.74. The van der Waals surface area contributed by atoms with Gasteiger partial charge in [0.1, 0.15) is 18.4 Å². The third-order valence-corrected chi connectivity index (χ3v) is 5.98. The van der Waals surface area contributed by atoms with E-state index in [9.17, 15) is 14.0 Å². The van der Waals surface area contributed by atoms with Crippen LogP contribution in [0.4, 0.5) is 15.8 Å². The zero-order chi connectivity index (χ0) is 24.4. The number of aliphatic imine (C=N–C) groups is 1. The van der Waals surface area contributed by atoms with Gasteiger partial charge in [0, 0.05) is 21.8 Å². The van der Waals surface area contributed by atoms with Crippen LogP contribution in [0.1, 0.15) is 43.4 Å². The lowest BCUT2D eigenvalue weighted by Gasteiger charge is -2.24. The molecule has 1 atom stereocenters. The number of rotatable bonds is 5. The lowest BCUT2D eigenvalue weighted by Crippen LogP contribution is -2.42. The van der Waals surface area contributed by atoms with Crippen LogP contribution < -0.4 is 10.2 Å². The van der Waals surface area contributed by atoms with Crippen LogP contribution in [-0.4, -0.2) is 30.1 Å². The van der Waals surface area contributed by atoms with Crippen molar-refractivity contribution in [3.63, 3.8) is 0 Å². The Hall–Kier alpha value is -3.51. The predicted octanol–water partition coefficient (Wildman–Crippen LogP) is 5.81. The van der Waals surface area contributed by atoms with Gasteiger partial charge in [-0.05, 0) is 60.9 Å². The van der Waals surface area contributed by atoms with Crippen molar-refractivity contribution in [1.82, 2.24) is 0 Å². The Morgan fingerprint density at radius 2 is 1.79 bits per heavy atom. The molecule has 0 saturated carbocycles. The van der Waals surface area contributed by atoms with E-state index in [1.54, 1.807) is 43.3 Å². The van der Waals surface area contributed by atoms with Gasteiger partial charge >= 0.3 is 0 Å². The van der Waals surface area contributed by atoms with Gasteiger partial charge in [-0.25, -0.2) is 4.39 Å². The van der Waals surface area contributed by atoms with Crippen LogP contribution in [0.15, 0.2) is 71.7 Å². The van der Waals surface area contributed by atoms with Gasteiger partial charge in [-0.15, -0.1) is 0 Å². The smallest absolute Gasteiger partial charge is 0.252 e. The molecule has 5 nitrogen and oxygen atoms in total. The first-order valence-corrected chi connectivity index (χ1v) is 11.5. The molecule has 1 N–H and O–H groups in total. The summed E-state index contributed by atoms with van der Waals surface area (Å²) in [6.45, 7) is 5.61. The van der Waals surface area contributed by atoms with Crippen molar-refractivity contribution in [3.05, 3.63) is 94.3 Å². The van der Waals surface area contributed by atoms with E-state index in [2.05, 4.69) is 24.2 Å². The Kier molecular flexibility index (Phi) is 6.80. The number of benzene rings is 3. The number of halogens is 2. The van der Waals surface area contributed by atoms with Crippen molar-refractivity contribution in [2.75, 3.05) is 16.8 Å². The fourth-order valence-corrected chi connectivity index (χ4v) is 4.09. The standard InChI is InChI=1S/C27H25ClFN3O2/c1-16(2)18-8-11-20(12-9-18)31-25(33)15-32-24-13-10-19(28)14-22(24)26(30-17(3)27(32)34)21-6-4-5-7-23(21)29/h4-14,16-17H,15H2,1-3H3,(H,31,33)/t17-/m1/s1. The molecule has 34 heavy (non-hydrogen) atoms. The number of nitrogens with one attached hydrogen (secondary N) is 1. The maximum Gasteiger partial charge on any atom is 0.252 e. The molecule has 0 saturated heterocycles. The van der Waals surface area contributed by atoms with Gasteiger partial charge in [-0.1, -0.05) is 49.7 Å². The number of anilines is 2. The van der Waals surface area contributed by atoms with Crippen molar-refractivity contribution < 1.29 is 14.0 Å². The average Bonchev–Trinajstić information content (AvgIpc) is 2.90. The normalized spacial score (nSPS) is 15.6. The molecular weight excluding hydrogens is 453 g/mol. The molecule has 0 fully saturated rings. The first-order valence-electron chi connectivity index (χ1n) is 11.1. The molecule has 0 aromatic heterocycles. The van der Waals surface area contributed by atoms with E-state index in [-0.39, 0.29) is 23.9 Å². The number of carbonyl (C=O) groups is 2. The van der Waals surface area contributed by atoms with Crippen LogP contribution in [0, 0.1) is 5.82 Å². The second-order valence-corrected chi connectivity index (χ2v) is 8.98. The molecule has 1 aliphatic heterocycles. The van der Waals surface area contributed by atoms with E-state index in [1.165, 1.54) is 11.0 Å². The van der Waals surface area contributed by atoms with Crippen molar-refractivity contribution in [2.24, 2.45) is 4.99 Å². The average molecular weight is 478 g/mol. The zero-order valence-corrected chi connectivity index (χ0v) is 19.9. The lowest BCUT2D eigenvalue weighted by atomic mass is 9.99. The minimum Gasteiger partial charge on any atom is -0.325 e. The minimum atomic E-state index is -0.820. The largest absolute Gasteiger partial charge is 0.325 e. The van der Waals surface area contributed by atoms with E-state index in [0.717, 1.165) is 5.56 Å². The summed E-state index contributed by atoms with van der Waals surface area (Å²) < 4.78 is 14.7. The molecule has 0 unspecified atom stereocenters. The number of carbonyl (C=O) groups excluding carboxylic acids is 2. The maximum atomic E-state index is 14.7. The van der Waals surface area contributed by atoms with Gasteiger partial charge in [-0.3, -0.25) is 14.6 Å². The Labute approximate surface area is 203 Å². The molecule has 0 bridgehead atoms. The quantitative estimate of drug-likeness (QED) is 0.503. The summed E-state index contributed by atoms with van der Waals surface area (Å²) in [6, 6.07) is 18.0. The highest BCUT2D eigenvalue weighted by Gasteiger charge is 2.31. The van der Waals surface area contributed by atoms with Gasteiger partial charge in [0.05, 0.1) is 11.4 Å². The summed E-state index contributed by atoms with van der Waals surface area (Å²) in [5.41, 5.74) is 3.34. The molecule has 1 heterocycles. The van der Waals surface area contributed by atoms with Gasteiger partial charge < -0.3 is 10.2 Å². The first kappa shape index (κ1) is 23.6. The molecule has 4 rings (SSSR count). The van der Waals surface area contributed by atoms with Crippen molar-refractivity contribution >= 4 is 40.5 Å². The second-order valence-electron chi connectivity index (χ2n) is 8.54. The van der Waals surface area contributed by atoms with Gasteiger partial charge in [0.15, 0.2) is 0 Å². The molecule has 1 aliphatic rings. The van der Waals surface area contributed by atoms with Crippen molar-refractivity contribution in [1.29, 1.82) is 0 Å². The second kappa shape index (κ2) is 9.77. The highest BCUT2D eigenvalue weighted by molar-refractivity contribution is 6.32. The molecule has 7 heteroatoms. The Morgan fingerprint density at radius 3 is 2.47 bits per heavy atom. The molecule has 0 spiro atoms. The van der Waals surface area contributed by atoms with Crippen LogP contribution in [0.5, 0.6) is 0 Å². The molecule has 0 aliphatic carbocycles. The number of fused-ring (bicyclic) bond motifs is 1. The number of hydrogen-bond donors (Lipinski definition) is 1. The summed E-state index contributed by atoms with van der Waals surface area (Å²) >= 11 is 6.26. The number of nitrogens with zero attached hydrogens (tertiary/aromatic N) is 2. The van der Waals surface area contributed by atoms with Crippen LogP contribution in [-0.2, 0) is 9.59 Å². The van der Waals surface area contributed by atoms with Crippen molar-refractivity contribution in [3.8, 4) is 0 Å². The highest BCUT2D eigenvalue weighted by Crippen LogP contribution is 2.31. The van der Waals surface area contributed by atoms with E-state index < -0.39 is 11.9 Å². The number of amides is 2. The topological polar surface area (TPSA) is 61.8 Å². The van der Waals surface area contributed by atoms with Crippen molar-refractivity contribution in [2.45, 2.75) is 32.7 Å². The Morgan fingerprint density at radius 1 is 1.09 bits per heavy atom. The summed E-state index contributed by atoms with van der Waals surface area (Å²) in [5.74, 6) is -0.788. The lowest BCUT2D eigenvalue weighted by molar-refractivity contribution is -0.122. The number of hydrogen-bond acceptors (Lipinski definition) is 3. The molecule has 2 amide bonds. The fraction of sp³-hybridized carbons (Fsp3) is 0.222. The predicted molar refractivity (Wildman–Crippen MR) is 134 cm³/mol. The maximum absolute atomic E-state index is 14.7. The SMILES string of the molecule is CC(C)c1ccc(NC(=O)CN2C(=O)[C@@H](C)N=C(c3ccccc3F)c3cc(Cl)ccc32)cc1. The summed E-state index contributed by atoms with van der Waals surface area (Å²) in [5, 5.41) is 3.27. The zero-order valence-electron chi connectivity index (χ0n) is 19.2. The van der Waals surface area contributed by atoms with E-state index in [1.807, 2.05) is 24.3 Å². The summed E-state index contributed by atoms with van der Waals surface area (Å²) in [4.78, 5) is 32.1. The van der Waals surface area contributed by atoms with Gasteiger partial charge in [0.25, 0.3) is 5.91 Å². The Balaban J connectivity index is 1.68. The van der Waals surface area contributed by atoms with Crippen LogP contribution in [0.3, 0.4) is 0 Å². The highest BCUT2D eigenvalue weighted by atomic mass is 35.5. The van der Waals surface area contributed by atoms with Crippen LogP contribution in [0.2, 0.25) is 5.02 Å². The first-order chi connectivity index (χ1) is 16.2. The van der Waals surface area contributed by atoms with E-state index in [0.29, 0.717) is 33.6 Å². The minimum absolute atomic E-state index is 0.218. The molecule has 3 aromatic carbocycles. The Bertz CT molecular complexity index is 1270. The number of benzodiazepines with no additional fused rings is 1. The van der Waals surface area contributed by atoms with Crippen LogP contribution >= 0.6 is 11.6 Å². The monoisotopic (exact) mass is 477 g/mol. The summed E-state index contributed by atoms with van der Waals surface area (Å²) in [6.07, 6.45) is 0. The molecule has 174 valence electrons. The van der Waals surface area contributed by atoms with E-state index >= 15 is 0 Å².